The van der Waals surface area contributed by atoms with Gasteiger partial charge in [0.15, 0.2) is 0 Å². The highest BCUT2D eigenvalue weighted by Crippen LogP contribution is 2.21. The molecular formula is C15H21N3O7. The second-order valence-corrected chi connectivity index (χ2v) is 5.29. The van der Waals surface area contributed by atoms with Gasteiger partial charge < -0.3 is 30.4 Å². The van der Waals surface area contributed by atoms with Gasteiger partial charge in [0.1, 0.15) is 6.04 Å². The number of carbonyl (C=O) groups is 2. The second kappa shape index (κ2) is 10.3. The molecule has 0 heterocycles. The molecule has 1 aromatic rings. The van der Waals surface area contributed by atoms with Crippen LogP contribution in [0.2, 0.25) is 0 Å². The molecule has 0 aromatic heterocycles. The normalized spacial score (nSPS) is 11.8. The fourth-order valence-corrected chi connectivity index (χ4v) is 2.04. The Morgan fingerprint density at radius 3 is 2.72 bits per heavy atom. The van der Waals surface area contributed by atoms with E-state index in [4.69, 9.17) is 9.84 Å². The van der Waals surface area contributed by atoms with Crippen molar-refractivity contribution in [3.8, 4) is 0 Å². The lowest BCUT2D eigenvalue weighted by Gasteiger charge is -2.16. The number of benzene rings is 1. The molecule has 0 aliphatic carbocycles. The third-order valence-corrected chi connectivity index (χ3v) is 3.36. The number of nitrogens with zero attached hydrogens (tertiary/aromatic N) is 1. The molecule has 10 heteroatoms. The maximum Gasteiger partial charge on any atom is 0.271 e. The number of aliphatic hydroxyl groups is 1. The van der Waals surface area contributed by atoms with Crippen molar-refractivity contribution in [3.63, 3.8) is 0 Å². The third kappa shape index (κ3) is 7.25. The molecule has 1 aromatic carbocycles. The highest BCUT2D eigenvalue weighted by atomic mass is 16.6. The van der Waals surface area contributed by atoms with Gasteiger partial charge in [0.25, 0.3) is 5.69 Å². The Labute approximate surface area is 143 Å². The summed E-state index contributed by atoms with van der Waals surface area (Å²) in [6.07, 6.45) is -0.357. The second-order valence-electron chi connectivity index (χ2n) is 5.29. The average Bonchev–Trinajstić information content (AvgIpc) is 2.55. The van der Waals surface area contributed by atoms with Gasteiger partial charge in [-0.2, -0.15) is 0 Å². The maximum atomic E-state index is 12.0. The maximum absolute atomic E-state index is 12.0. The van der Waals surface area contributed by atoms with Crippen LogP contribution in [0.5, 0.6) is 0 Å². The summed E-state index contributed by atoms with van der Waals surface area (Å²) in [6.45, 7) is 2.18. The number of quaternary nitrogens is 1. The minimum Gasteiger partial charge on any atom is -0.544 e. The van der Waals surface area contributed by atoms with E-state index in [1.54, 1.807) is 6.92 Å². The lowest BCUT2D eigenvalue weighted by molar-refractivity contribution is -0.683. The number of carboxylic acid groups (broad SMARTS) is 1. The molecule has 0 radical (unpaired) electrons. The summed E-state index contributed by atoms with van der Waals surface area (Å²) in [7, 11) is 0. The zero-order valence-electron chi connectivity index (χ0n) is 13.8. The number of carboxylic acids is 1. The SMILES string of the molecule is Cc1ccc([N+](=O)[O-])cc1NC(=O)C[C@@H]([NH2+]CCOCCO)C(=O)[O-]. The van der Waals surface area contributed by atoms with E-state index in [-0.39, 0.29) is 44.2 Å². The summed E-state index contributed by atoms with van der Waals surface area (Å²) in [5, 5.41) is 34.4. The molecule has 4 N–H and O–H groups in total. The number of amides is 1. The van der Waals surface area contributed by atoms with Crippen molar-refractivity contribution < 1.29 is 34.8 Å². The number of anilines is 1. The summed E-state index contributed by atoms with van der Waals surface area (Å²) in [5.41, 5.74) is 0.692. The minimum absolute atomic E-state index is 0.130. The monoisotopic (exact) mass is 355 g/mol. The van der Waals surface area contributed by atoms with E-state index in [9.17, 15) is 24.8 Å². The van der Waals surface area contributed by atoms with Crippen LogP contribution >= 0.6 is 0 Å². The number of nitrogens with one attached hydrogen (secondary N) is 1. The van der Waals surface area contributed by atoms with Gasteiger partial charge >= 0.3 is 0 Å². The number of hydrogen-bond donors (Lipinski definition) is 3. The Hall–Kier alpha value is -2.56. The number of aryl methyl sites for hydroxylation is 1. The molecule has 0 spiro atoms. The van der Waals surface area contributed by atoms with Crippen LogP contribution in [0, 0.1) is 17.0 Å². The summed E-state index contributed by atoms with van der Waals surface area (Å²) in [5.74, 6) is -1.99. The van der Waals surface area contributed by atoms with E-state index in [2.05, 4.69) is 5.32 Å². The van der Waals surface area contributed by atoms with Crippen LogP contribution in [0.25, 0.3) is 0 Å². The van der Waals surface area contributed by atoms with E-state index >= 15 is 0 Å². The summed E-state index contributed by atoms with van der Waals surface area (Å²) >= 11 is 0. The van der Waals surface area contributed by atoms with Gasteiger partial charge in [-0.25, -0.2) is 0 Å². The standard InChI is InChI=1S/C15H21N3O7/c1-10-2-3-11(18(23)24)8-12(10)17-14(20)9-13(15(21)22)16-4-6-25-7-5-19/h2-3,8,13,16,19H,4-7,9H2,1H3,(H,17,20)(H,21,22)/t13-/m1/s1. The highest BCUT2D eigenvalue weighted by Gasteiger charge is 2.19. The van der Waals surface area contributed by atoms with Crippen molar-refractivity contribution in [2.75, 3.05) is 31.7 Å². The van der Waals surface area contributed by atoms with E-state index in [0.29, 0.717) is 5.56 Å². The van der Waals surface area contributed by atoms with Crippen LogP contribution in [0.15, 0.2) is 18.2 Å². The van der Waals surface area contributed by atoms with Gasteiger partial charge in [0, 0.05) is 12.1 Å². The van der Waals surface area contributed by atoms with Crippen molar-refractivity contribution in [2.45, 2.75) is 19.4 Å². The van der Waals surface area contributed by atoms with Crippen molar-refractivity contribution in [1.82, 2.24) is 0 Å². The fraction of sp³-hybridized carbons (Fsp3) is 0.467. The number of aliphatic carboxylic acids is 1. The van der Waals surface area contributed by atoms with Gasteiger partial charge in [-0.15, -0.1) is 0 Å². The summed E-state index contributed by atoms with van der Waals surface area (Å²) in [4.78, 5) is 33.4. The zero-order chi connectivity index (χ0) is 18.8. The molecule has 0 fully saturated rings. The molecule has 0 aliphatic heterocycles. The quantitative estimate of drug-likeness (QED) is 0.233. The first-order chi connectivity index (χ1) is 11.8. The highest BCUT2D eigenvalue weighted by molar-refractivity contribution is 5.94. The Balaban J connectivity index is 2.61. The molecule has 0 saturated carbocycles. The van der Waals surface area contributed by atoms with Crippen LogP contribution in [0.1, 0.15) is 12.0 Å². The first-order valence-corrected chi connectivity index (χ1v) is 7.62. The van der Waals surface area contributed by atoms with E-state index in [1.807, 2.05) is 0 Å². The van der Waals surface area contributed by atoms with Crippen molar-refractivity contribution in [1.29, 1.82) is 0 Å². The van der Waals surface area contributed by atoms with Crippen molar-refractivity contribution >= 4 is 23.3 Å². The molecule has 0 aliphatic rings. The number of hydrogen-bond acceptors (Lipinski definition) is 7. The molecule has 1 rings (SSSR count). The van der Waals surface area contributed by atoms with Crippen LogP contribution in [0.3, 0.4) is 0 Å². The molecule has 0 unspecified atom stereocenters. The number of nitro benzene ring substituents is 1. The molecule has 25 heavy (non-hydrogen) atoms. The van der Waals surface area contributed by atoms with Crippen molar-refractivity contribution in [3.05, 3.63) is 33.9 Å². The Kier molecular flexibility index (Phi) is 8.47. The Morgan fingerprint density at radius 1 is 1.40 bits per heavy atom. The lowest BCUT2D eigenvalue weighted by atomic mass is 10.1. The van der Waals surface area contributed by atoms with Crippen LogP contribution < -0.4 is 15.7 Å². The number of ether oxygens (including phenoxy) is 1. The van der Waals surface area contributed by atoms with Gasteiger partial charge in [0.2, 0.25) is 5.91 Å². The summed E-state index contributed by atoms with van der Waals surface area (Å²) < 4.78 is 5.01. The van der Waals surface area contributed by atoms with Gasteiger partial charge in [-0.05, 0) is 12.5 Å². The van der Waals surface area contributed by atoms with Crippen LogP contribution in [-0.2, 0) is 14.3 Å². The predicted molar refractivity (Wildman–Crippen MR) is 84.6 cm³/mol. The molecule has 138 valence electrons. The van der Waals surface area contributed by atoms with Crippen LogP contribution in [-0.4, -0.2) is 54.3 Å². The fourth-order valence-electron chi connectivity index (χ4n) is 2.04. The van der Waals surface area contributed by atoms with Gasteiger partial charge in [-0.3, -0.25) is 14.9 Å². The minimum atomic E-state index is -1.40. The number of aliphatic hydroxyl groups excluding tert-OH is 1. The smallest absolute Gasteiger partial charge is 0.271 e. The number of rotatable bonds is 11. The molecule has 0 saturated heterocycles. The summed E-state index contributed by atoms with van der Waals surface area (Å²) in [6, 6.07) is 2.91. The van der Waals surface area contributed by atoms with Crippen molar-refractivity contribution in [2.24, 2.45) is 0 Å². The number of nitro groups is 1. The largest absolute Gasteiger partial charge is 0.544 e. The predicted octanol–water partition coefficient (Wildman–Crippen LogP) is -2.08. The molecular weight excluding hydrogens is 334 g/mol. The Bertz CT molecular complexity index is 621. The number of nitrogens with two attached hydrogens (primary N) is 1. The Morgan fingerprint density at radius 2 is 2.12 bits per heavy atom. The molecule has 10 nitrogen and oxygen atoms in total. The van der Waals surface area contributed by atoms with E-state index in [0.717, 1.165) is 0 Å². The molecule has 1 atom stereocenters. The van der Waals surface area contributed by atoms with Gasteiger partial charge in [-0.1, -0.05) is 6.07 Å². The first kappa shape index (κ1) is 20.5. The van der Waals surface area contributed by atoms with Gasteiger partial charge in [0.05, 0.1) is 49.4 Å². The zero-order valence-corrected chi connectivity index (χ0v) is 13.8. The number of carbonyl (C=O) groups excluding carboxylic acids is 2. The van der Waals surface area contributed by atoms with Crippen LogP contribution in [0.4, 0.5) is 11.4 Å². The number of non-ortho nitro benzene ring substituents is 1. The lowest BCUT2D eigenvalue weighted by Crippen LogP contribution is -2.94. The van der Waals surface area contributed by atoms with E-state index < -0.39 is 22.8 Å². The first-order valence-electron chi connectivity index (χ1n) is 7.62. The van der Waals surface area contributed by atoms with E-state index in [1.165, 1.54) is 23.5 Å². The topological polar surface area (TPSA) is 158 Å². The molecule has 0 bridgehead atoms. The third-order valence-electron chi connectivity index (χ3n) is 3.36. The molecule has 1 amide bonds. The average molecular weight is 355 g/mol.